The summed E-state index contributed by atoms with van der Waals surface area (Å²) in [5, 5.41) is 0. The summed E-state index contributed by atoms with van der Waals surface area (Å²) < 4.78 is 2.74. The van der Waals surface area contributed by atoms with Crippen molar-refractivity contribution in [2.75, 3.05) is 20.6 Å². The van der Waals surface area contributed by atoms with E-state index in [0.29, 0.717) is 6.54 Å². The van der Waals surface area contributed by atoms with Crippen LogP contribution >= 0.6 is 15.9 Å². The summed E-state index contributed by atoms with van der Waals surface area (Å²) in [6, 6.07) is 5.82. The second-order valence-electron chi connectivity index (χ2n) is 4.05. The molecular weight excluding hydrogens is 270 g/mol. The van der Waals surface area contributed by atoms with Gasteiger partial charge in [0.25, 0.3) is 0 Å². The number of imidazole rings is 1. The Morgan fingerprint density at radius 2 is 2.19 bits per heavy atom. The maximum atomic E-state index is 11.7. The summed E-state index contributed by atoms with van der Waals surface area (Å²) in [5.41, 5.74) is 1.78. The van der Waals surface area contributed by atoms with Crippen LogP contribution in [-0.4, -0.2) is 35.1 Å². The van der Waals surface area contributed by atoms with E-state index in [2.05, 4.69) is 25.8 Å². The molecule has 0 atom stereocenters. The van der Waals surface area contributed by atoms with E-state index >= 15 is 0 Å². The average Bonchev–Trinajstić information content (AvgIpc) is 2.50. The number of nitrogens with one attached hydrogen (secondary N) is 1. The molecule has 2 aromatic rings. The summed E-state index contributed by atoms with van der Waals surface area (Å²) >= 11 is 3.39. The van der Waals surface area contributed by atoms with Gasteiger partial charge in [0.1, 0.15) is 0 Å². The van der Waals surface area contributed by atoms with Gasteiger partial charge >= 0.3 is 5.69 Å². The van der Waals surface area contributed by atoms with Crippen LogP contribution in [0.15, 0.2) is 27.5 Å². The van der Waals surface area contributed by atoms with Crippen molar-refractivity contribution in [2.24, 2.45) is 0 Å². The van der Waals surface area contributed by atoms with Gasteiger partial charge < -0.3 is 9.88 Å². The molecule has 1 N–H and O–H groups in total. The van der Waals surface area contributed by atoms with Crippen LogP contribution < -0.4 is 5.69 Å². The Hall–Kier alpha value is -1.07. The quantitative estimate of drug-likeness (QED) is 0.931. The highest BCUT2D eigenvalue weighted by Gasteiger charge is 2.06. The van der Waals surface area contributed by atoms with Gasteiger partial charge in [-0.15, -0.1) is 0 Å². The fraction of sp³-hybridized carbons (Fsp3) is 0.364. The molecule has 1 aromatic carbocycles. The number of H-pyrrole nitrogens is 1. The largest absolute Gasteiger partial charge is 0.326 e. The number of hydrogen-bond acceptors (Lipinski definition) is 2. The molecule has 86 valence electrons. The summed E-state index contributed by atoms with van der Waals surface area (Å²) in [6.07, 6.45) is 0. The molecule has 0 fully saturated rings. The molecule has 0 spiro atoms. The number of aromatic amines is 1. The molecule has 0 saturated heterocycles. The van der Waals surface area contributed by atoms with Gasteiger partial charge in [-0.05, 0) is 32.3 Å². The number of fused-ring (bicyclic) bond motifs is 1. The van der Waals surface area contributed by atoms with Crippen molar-refractivity contribution in [1.82, 2.24) is 14.5 Å². The van der Waals surface area contributed by atoms with E-state index < -0.39 is 0 Å². The summed E-state index contributed by atoms with van der Waals surface area (Å²) in [7, 11) is 3.99. The Kier molecular flexibility index (Phi) is 3.16. The maximum Gasteiger partial charge on any atom is 0.326 e. The van der Waals surface area contributed by atoms with Crippen LogP contribution in [0.1, 0.15) is 0 Å². The molecule has 16 heavy (non-hydrogen) atoms. The minimum Gasteiger partial charge on any atom is -0.308 e. The Morgan fingerprint density at radius 1 is 1.44 bits per heavy atom. The van der Waals surface area contributed by atoms with Gasteiger partial charge in [0.05, 0.1) is 11.0 Å². The van der Waals surface area contributed by atoms with Crippen LogP contribution in [0.4, 0.5) is 0 Å². The highest BCUT2D eigenvalue weighted by atomic mass is 79.9. The van der Waals surface area contributed by atoms with Crippen LogP contribution in [-0.2, 0) is 6.54 Å². The number of hydrogen-bond donors (Lipinski definition) is 1. The second kappa shape index (κ2) is 4.43. The van der Waals surface area contributed by atoms with Gasteiger partial charge in [0, 0.05) is 17.6 Å². The molecule has 0 bridgehead atoms. The molecule has 0 amide bonds. The summed E-state index contributed by atoms with van der Waals surface area (Å²) in [4.78, 5) is 16.6. The first-order valence-corrected chi connectivity index (χ1v) is 5.90. The van der Waals surface area contributed by atoms with E-state index in [4.69, 9.17) is 0 Å². The van der Waals surface area contributed by atoms with Crippen LogP contribution in [0, 0.1) is 0 Å². The third-order valence-corrected chi connectivity index (χ3v) is 3.00. The monoisotopic (exact) mass is 283 g/mol. The highest BCUT2D eigenvalue weighted by molar-refractivity contribution is 9.10. The van der Waals surface area contributed by atoms with Gasteiger partial charge in [0.15, 0.2) is 0 Å². The zero-order valence-corrected chi connectivity index (χ0v) is 10.9. The van der Waals surface area contributed by atoms with E-state index in [1.165, 1.54) is 0 Å². The van der Waals surface area contributed by atoms with E-state index in [0.717, 1.165) is 22.1 Å². The molecule has 0 aliphatic carbocycles. The SMILES string of the molecule is CN(C)CCn1c(=O)[nH]c2cc(Br)ccc21. The molecule has 0 unspecified atom stereocenters. The number of aromatic nitrogens is 2. The molecule has 1 aromatic heterocycles. The molecule has 0 aliphatic heterocycles. The first-order valence-electron chi connectivity index (χ1n) is 5.11. The van der Waals surface area contributed by atoms with Crippen LogP contribution in [0.3, 0.4) is 0 Å². The molecular formula is C11H14BrN3O. The lowest BCUT2D eigenvalue weighted by atomic mass is 10.3. The molecule has 0 saturated carbocycles. The summed E-state index contributed by atoms with van der Waals surface area (Å²) in [6.45, 7) is 1.55. The van der Waals surface area contributed by atoms with Crippen molar-refractivity contribution in [3.63, 3.8) is 0 Å². The van der Waals surface area contributed by atoms with Crippen LogP contribution in [0.2, 0.25) is 0 Å². The van der Waals surface area contributed by atoms with Crippen molar-refractivity contribution in [1.29, 1.82) is 0 Å². The third kappa shape index (κ3) is 2.20. The van der Waals surface area contributed by atoms with E-state index in [-0.39, 0.29) is 5.69 Å². The fourth-order valence-electron chi connectivity index (χ4n) is 1.66. The van der Waals surface area contributed by atoms with E-state index in [1.807, 2.05) is 32.3 Å². The van der Waals surface area contributed by atoms with Crippen LogP contribution in [0.5, 0.6) is 0 Å². The Labute approximate surface area is 102 Å². The standard InChI is InChI=1S/C11H14BrN3O/c1-14(2)5-6-15-10-4-3-8(12)7-9(10)13-11(15)16/h3-4,7H,5-6H2,1-2H3,(H,13,16). The fourth-order valence-corrected chi connectivity index (χ4v) is 2.02. The van der Waals surface area contributed by atoms with Gasteiger partial charge in [-0.3, -0.25) is 4.57 Å². The number of benzene rings is 1. The Balaban J connectivity index is 2.44. The van der Waals surface area contributed by atoms with Gasteiger partial charge in [-0.25, -0.2) is 4.79 Å². The normalized spacial score (nSPS) is 11.5. The summed E-state index contributed by atoms with van der Waals surface area (Å²) in [5.74, 6) is 0. The molecule has 0 aliphatic rings. The van der Waals surface area contributed by atoms with Gasteiger partial charge in [-0.1, -0.05) is 15.9 Å². The zero-order chi connectivity index (χ0) is 11.7. The topological polar surface area (TPSA) is 41.0 Å². The van der Waals surface area contributed by atoms with E-state index in [1.54, 1.807) is 4.57 Å². The molecule has 4 nitrogen and oxygen atoms in total. The highest BCUT2D eigenvalue weighted by Crippen LogP contribution is 2.16. The lowest BCUT2D eigenvalue weighted by Crippen LogP contribution is -2.24. The Bertz CT molecular complexity index is 556. The molecule has 1 heterocycles. The number of rotatable bonds is 3. The van der Waals surface area contributed by atoms with Gasteiger partial charge in [-0.2, -0.15) is 0 Å². The third-order valence-electron chi connectivity index (χ3n) is 2.51. The number of likely N-dealkylation sites (N-methyl/N-ethyl adjacent to an activating group) is 1. The predicted octanol–water partition coefficient (Wildman–Crippen LogP) is 1.65. The maximum absolute atomic E-state index is 11.7. The van der Waals surface area contributed by atoms with Crippen molar-refractivity contribution >= 4 is 27.0 Å². The first-order chi connectivity index (χ1) is 7.58. The minimum absolute atomic E-state index is 0.0463. The molecule has 5 heteroatoms. The lowest BCUT2D eigenvalue weighted by molar-refractivity contribution is 0.384. The van der Waals surface area contributed by atoms with E-state index in [9.17, 15) is 4.79 Å². The first kappa shape index (κ1) is 11.4. The molecule has 0 radical (unpaired) electrons. The lowest BCUT2D eigenvalue weighted by Gasteiger charge is -2.09. The minimum atomic E-state index is -0.0463. The van der Waals surface area contributed by atoms with Crippen molar-refractivity contribution < 1.29 is 0 Å². The van der Waals surface area contributed by atoms with Crippen molar-refractivity contribution in [3.8, 4) is 0 Å². The second-order valence-corrected chi connectivity index (χ2v) is 4.96. The number of nitrogens with zero attached hydrogens (tertiary/aromatic N) is 2. The average molecular weight is 284 g/mol. The Morgan fingerprint density at radius 3 is 2.88 bits per heavy atom. The zero-order valence-electron chi connectivity index (χ0n) is 9.33. The predicted molar refractivity (Wildman–Crippen MR) is 68.8 cm³/mol. The van der Waals surface area contributed by atoms with Crippen LogP contribution in [0.25, 0.3) is 11.0 Å². The smallest absolute Gasteiger partial charge is 0.308 e. The molecule has 2 rings (SSSR count). The van der Waals surface area contributed by atoms with Crippen molar-refractivity contribution in [2.45, 2.75) is 6.54 Å². The van der Waals surface area contributed by atoms with Gasteiger partial charge in [0.2, 0.25) is 0 Å². The van der Waals surface area contributed by atoms with Crippen molar-refractivity contribution in [3.05, 3.63) is 33.2 Å². The number of halogens is 1.